The molecule has 0 aliphatic carbocycles. The molecule has 9 nitrogen and oxygen atoms in total. The highest BCUT2D eigenvalue weighted by Crippen LogP contribution is 2.41. The van der Waals surface area contributed by atoms with Gasteiger partial charge in [-0.1, -0.05) is 17.7 Å². The molecule has 0 radical (unpaired) electrons. The number of aliphatic imine (C=N–C) groups is 1. The number of rotatable bonds is 7. The molecule has 0 bridgehead atoms. The zero-order valence-corrected chi connectivity index (χ0v) is 23.8. The minimum absolute atomic E-state index is 0.133. The number of methoxy groups -OCH3 is 1. The summed E-state index contributed by atoms with van der Waals surface area (Å²) in [5, 5.41) is 7.58. The van der Waals surface area contributed by atoms with Gasteiger partial charge in [0.25, 0.3) is 0 Å². The summed E-state index contributed by atoms with van der Waals surface area (Å²) < 4.78 is 38.6. The quantitative estimate of drug-likeness (QED) is 0.291. The predicted molar refractivity (Wildman–Crippen MR) is 148 cm³/mol. The van der Waals surface area contributed by atoms with Crippen LogP contribution in [0, 0.1) is 17.6 Å². The Balaban J connectivity index is 1.49. The highest BCUT2D eigenvalue weighted by atomic mass is 35.5. The van der Waals surface area contributed by atoms with E-state index in [1.807, 2.05) is 0 Å². The number of piperidine rings is 1. The SMILES string of the molecule is CCOC(=O)c1csc(N2CCC(C3=C(C(=O)OC)C(c4ccc(F)c(F)c4Cl)N=C(c4nccs4)N3)CC2)n1. The summed E-state index contributed by atoms with van der Waals surface area (Å²) in [5.74, 6) is -3.17. The Bertz CT molecular complexity index is 1490. The van der Waals surface area contributed by atoms with Crippen molar-refractivity contribution in [2.45, 2.75) is 25.8 Å². The molecule has 4 heterocycles. The molecular weight excluding hydrogens is 584 g/mol. The van der Waals surface area contributed by atoms with Crippen molar-refractivity contribution in [3.8, 4) is 0 Å². The number of aromatic nitrogens is 2. The summed E-state index contributed by atoms with van der Waals surface area (Å²) in [6.45, 7) is 3.20. The number of nitrogens with zero attached hydrogens (tertiary/aromatic N) is 4. The number of benzene rings is 1. The molecule has 1 saturated heterocycles. The van der Waals surface area contributed by atoms with E-state index in [0.717, 1.165) is 6.07 Å². The third-order valence-corrected chi connectivity index (χ3v) is 8.69. The summed E-state index contributed by atoms with van der Waals surface area (Å²) in [5.41, 5.74) is 1.15. The Labute approximate surface area is 241 Å². The van der Waals surface area contributed by atoms with Crippen molar-refractivity contribution in [3.63, 3.8) is 0 Å². The van der Waals surface area contributed by atoms with Crippen molar-refractivity contribution in [1.29, 1.82) is 0 Å². The third-order valence-electron chi connectivity index (χ3n) is 6.63. The standard InChI is InChI=1S/C26H24ClF2N5O4S2/c1-3-38-24(35)16-12-40-26(31-16)34-9-6-13(7-10-34)20-17(25(36)37-2)21(14-4-5-15(28)19(29)18(14)27)33-22(32-20)23-30-8-11-39-23/h4-5,8,11-13,21H,3,6-7,9-10H2,1-2H3,(H,32,33). The fourth-order valence-electron chi connectivity index (χ4n) is 4.72. The zero-order valence-electron chi connectivity index (χ0n) is 21.4. The molecule has 0 spiro atoms. The van der Waals surface area contributed by atoms with Crippen molar-refractivity contribution in [2.75, 3.05) is 31.7 Å². The number of carbonyl (C=O) groups excluding carboxylic acids is 2. The van der Waals surface area contributed by atoms with Gasteiger partial charge in [0.1, 0.15) is 6.04 Å². The van der Waals surface area contributed by atoms with Gasteiger partial charge in [0, 0.05) is 47.2 Å². The van der Waals surface area contributed by atoms with Crippen molar-refractivity contribution in [1.82, 2.24) is 15.3 Å². The van der Waals surface area contributed by atoms with Gasteiger partial charge in [-0.15, -0.1) is 22.7 Å². The first-order valence-electron chi connectivity index (χ1n) is 12.4. The van der Waals surface area contributed by atoms with E-state index in [0.29, 0.717) is 47.6 Å². The molecule has 40 heavy (non-hydrogen) atoms. The summed E-state index contributed by atoms with van der Waals surface area (Å²) in [4.78, 5) is 40.8. The first kappa shape index (κ1) is 28.1. The molecule has 1 N–H and O–H groups in total. The minimum Gasteiger partial charge on any atom is -0.466 e. The molecule has 1 aromatic carbocycles. The summed E-state index contributed by atoms with van der Waals surface area (Å²) >= 11 is 8.95. The zero-order chi connectivity index (χ0) is 28.4. The second kappa shape index (κ2) is 12.0. The van der Waals surface area contributed by atoms with Crippen LogP contribution >= 0.6 is 34.3 Å². The van der Waals surface area contributed by atoms with Gasteiger partial charge >= 0.3 is 11.9 Å². The Morgan fingerprint density at radius 2 is 1.98 bits per heavy atom. The van der Waals surface area contributed by atoms with Crippen molar-refractivity contribution in [3.05, 3.63) is 73.3 Å². The predicted octanol–water partition coefficient (Wildman–Crippen LogP) is 5.14. The van der Waals surface area contributed by atoms with Crippen LogP contribution in [0.25, 0.3) is 0 Å². The van der Waals surface area contributed by atoms with E-state index in [4.69, 9.17) is 21.1 Å². The van der Waals surface area contributed by atoms with Gasteiger partial charge in [-0.05, 0) is 25.8 Å². The Hall–Kier alpha value is -3.42. The lowest BCUT2D eigenvalue weighted by Gasteiger charge is -2.36. The average molecular weight is 608 g/mol. The van der Waals surface area contributed by atoms with Gasteiger partial charge in [0.2, 0.25) is 0 Å². The normalized spacial score (nSPS) is 17.9. The molecular formula is C26H24ClF2N5O4S2. The maximum absolute atomic E-state index is 14.5. The summed E-state index contributed by atoms with van der Waals surface area (Å²) in [6.07, 6.45) is 2.88. The van der Waals surface area contributed by atoms with Crippen molar-refractivity contribution >= 4 is 57.2 Å². The van der Waals surface area contributed by atoms with Gasteiger partial charge in [-0.2, -0.15) is 0 Å². The van der Waals surface area contributed by atoms with Crippen LogP contribution < -0.4 is 10.2 Å². The third kappa shape index (κ3) is 5.45. The molecule has 5 rings (SSSR count). The monoisotopic (exact) mass is 607 g/mol. The molecule has 0 saturated carbocycles. The molecule has 3 aromatic rings. The number of esters is 2. The number of anilines is 1. The number of thiazole rings is 2. The maximum atomic E-state index is 14.5. The van der Waals surface area contributed by atoms with Gasteiger partial charge in [0.15, 0.2) is 33.3 Å². The van der Waals surface area contributed by atoms with Crippen LogP contribution in [0.15, 0.2) is 45.4 Å². The molecule has 14 heteroatoms. The molecule has 210 valence electrons. The Morgan fingerprint density at radius 3 is 2.65 bits per heavy atom. The molecule has 0 amide bonds. The van der Waals surface area contributed by atoms with Crippen molar-refractivity contribution < 1.29 is 27.8 Å². The molecule has 2 aliphatic rings. The van der Waals surface area contributed by atoms with E-state index in [1.165, 1.54) is 35.8 Å². The smallest absolute Gasteiger partial charge is 0.357 e. The van der Waals surface area contributed by atoms with E-state index in [9.17, 15) is 18.4 Å². The molecule has 2 aliphatic heterocycles. The van der Waals surface area contributed by atoms with Gasteiger partial charge in [0.05, 0.1) is 24.3 Å². The number of ether oxygens (including phenoxy) is 2. The number of hydrogen-bond acceptors (Lipinski definition) is 11. The second-order valence-corrected chi connectivity index (χ2v) is 11.0. The average Bonchev–Trinajstić information content (AvgIpc) is 3.69. The fourth-order valence-corrected chi connectivity index (χ4v) is 6.41. The van der Waals surface area contributed by atoms with E-state index in [2.05, 4.69) is 25.2 Å². The number of allylic oxidation sites excluding steroid dienone is 1. The van der Waals surface area contributed by atoms with Crippen LogP contribution in [0.1, 0.15) is 46.9 Å². The van der Waals surface area contributed by atoms with Gasteiger partial charge in [-0.3, -0.25) is 4.99 Å². The lowest BCUT2D eigenvalue weighted by molar-refractivity contribution is -0.136. The van der Waals surface area contributed by atoms with Crippen molar-refractivity contribution in [2.24, 2.45) is 10.9 Å². The fraction of sp³-hybridized carbons (Fsp3) is 0.346. The molecule has 1 atom stereocenters. The first-order chi connectivity index (χ1) is 19.3. The van der Waals surface area contributed by atoms with Crippen LogP contribution in [0.5, 0.6) is 0 Å². The Morgan fingerprint density at radius 1 is 1.20 bits per heavy atom. The molecule has 2 aromatic heterocycles. The largest absolute Gasteiger partial charge is 0.466 e. The van der Waals surface area contributed by atoms with Crippen LogP contribution in [-0.4, -0.2) is 54.5 Å². The number of hydrogen-bond donors (Lipinski definition) is 1. The van der Waals surface area contributed by atoms with Gasteiger partial charge < -0.3 is 19.7 Å². The van der Waals surface area contributed by atoms with Crippen LogP contribution in [-0.2, 0) is 14.3 Å². The molecule has 1 fully saturated rings. The maximum Gasteiger partial charge on any atom is 0.357 e. The first-order valence-corrected chi connectivity index (χ1v) is 14.5. The molecule has 1 unspecified atom stereocenters. The topological polar surface area (TPSA) is 106 Å². The highest BCUT2D eigenvalue weighted by molar-refractivity contribution is 7.14. The number of halogens is 3. The number of nitrogens with one attached hydrogen (secondary N) is 1. The lowest BCUT2D eigenvalue weighted by Crippen LogP contribution is -2.41. The summed E-state index contributed by atoms with van der Waals surface area (Å²) in [7, 11) is 1.25. The van der Waals surface area contributed by atoms with E-state index < -0.39 is 34.6 Å². The Kier molecular flexibility index (Phi) is 8.43. The summed E-state index contributed by atoms with van der Waals surface area (Å²) in [6, 6.07) is 1.24. The number of carbonyl (C=O) groups is 2. The van der Waals surface area contributed by atoms with Crippen LogP contribution in [0.3, 0.4) is 0 Å². The van der Waals surface area contributed by atoms with Gasteiger partial charge in [-0.25, -0.2) is 28.3 Å². The van der Waals surface area contributed by atoms with Crippen LogP contribution in [0.4, 0.5) is 13.9 Å². The number of amidine groups is 1. The van der Waals surface area contributed by atoms with Crippen LogP contribution in [0.2, 0.25) is 5.02 Å². The lowest BCUT2D eigenvalue weighted by atomic mass is 9.85. The van der Waals surface area contributed by atoms with E-state index >= 15 is 0 Å². The van der Waals surface area contributed by atoms with E-state index in [1.54, 1.807) is 23.9 Å². The highest BCUT2D eigenvalue weighted by Gasteiger charge is 2.38. The van der Waals surface area contributed by atoms with E-state index in [-0.39, 0.29) is 29.4 Å². The second-order valence-electron chi connectivity index (χ2n) is 8.92. The minimum atomic E-state index is -1.21.